The second kappa shape index (κ2) is 4.88. The highest BCUT2D eigenvalue weighted by atomic mass is 16.5. The van der Waals surface area contributed by atoms with Crippen LogP contribution in [-0.2, 0) is 0 Å². The molecule has 0 radical (unpaired) electrons. The molecule has 16 heavy (non-hydrogen) atoms. The molecule has 1 aromatic rings. The molecule has 0 bridgehead atoms. The predicted octanol–water partition coefficient (Wildman–Crippen LogP) is 2.86. The summed E-state index contributed by atoms with van der Waals surface area (Å²) in [6, 6.07) is 6.45. The molecule has 1 heterocycles. The third kappa shape index (κ3) is 2.56. The van der Waals surface area contributed by atoms with Crippen molar-refractivity contribution >= 4 is 0 Å². The van der Waals surface area contributed by atoms with Gasteiger partial charge in [0, 0.05) is 6.54 Å². The lowest BCUT2D eigenvalue weighted by Crippen LogP contribution is -2.19. The molecular formula is C14H21NO. The number of rotatable bonds is 3. The molecule has 1 aliphatic rings. The summed E-state index contributed by atoms with van der Waals surface area (Å²) in [4.78, 5) is 0. The van der Waals surface area contributed by atoms with Gasteiger partial charge >= 0.3 is 0 Å². The summed E-state index contributed by atoms with van der Waals surface area (Å²) in [7, 11) is 0. The van der Waals surface area contributed by atoms with Gasteiger partial charge in [0.05, 0.1) is 0 Å². The lowest BCUT2D eigenvalue weighted by atomic mass is 9.98. The molecule has 88 valence electrons. The Balaban J connectivity index is 2.08. The zero-order chi connectivity index (χ0) is 11.5. The van der Waals surface area contributed by atoms with Gasteiger partial charge in [-0.15, -0.1) is 0 Å². The van der Waals surface area contributed by atoms with E-state index in [9.17, 15) is 0 Å². The van der Waals surface area contributed by atoms with Gasteiger partial charge in [-0.2, -0.15) is 0 Å². The van der Waals surface area contributed by atoms with Crippen LogP contribution in [0.2, 0.25) is 0 Å². The van der Waals surface area contributed by atoms with E-state index in [4.69, 9.17) is 4.74 Å². The fourth-order valence-corrected chi connectivity index (χ4v) is 2.29. The molecule has 0 unspecified atom stereocenters. The van der Waals surface area contributed by atoms with E-state index in [0.29, 0.717) is 12.0 Å². The molecule has 1 fully saturated rings. The van der Waals surface area contributed by atoms with E-state index in [1.165, 1.54) is 11.1 Å². The van der Waals surface area contributed by atoms with Crippen LogP contribution < -0.4 is 10.1 Å². The fraction of sp³-hybridized carbons (Fsp3) is 0.571. The number of nitrogens with one attached hydrogen (secondary N) is 1. The molecule has 1 aliphatic heterocycles. The second-order valence-corrected chi connectivity index (χ2v) is 4.91. The minimum Gasteiger partial charge on any atom is -0.489 e. The van der Waals surface area contributed by atoms with E-state index in [0.717, 1.165) is 25.3 Å². The Bertz CT molecular complexity index is 354. The Morgan fingerprint density at radius 2 is 2.19 bits per heavy atom. The van der Waals surface area contributed by atoms with Crippen molar-refractivity contribution in [2.45, 2.75) is 39.2 Å². The topological polar surface area (TPSA) is 21.3 Å². The number of hydrogen-bond donors (Lipinski definition) is 1. The first-order valence-corrected chi connectivity index (χ1v) is 6.14. The standard InChI is InChI=1S/C14H21NO/c1-10(2)14-5-4-12(8-11(14)3)16-13-6-7-15-9-13/h4-5,8,10,13,15H,6-7,9H2,1-3H3/t13-/m0/s1. The van der Waals surface area contributed by atoms with Gasteiger partial charge < -0.3 is 10.1 Å². The molecule has 1 N–H and O–H groups in total. The maximum Gasteiger partial charge on any atom is 0.120 e. The molecule has 0 spiro atoms. The molecule has 1 atom stereocenters. The summed E-state index contributed by atoms with van der Waals surface area (Å²) < 4.78 is 5.93. The van der Waals surface area contributed by atoms with E-state index in [1.807, 2.05) is 0 Å². The Morgan fingerprint density at radius 1 is 1.38 bits per heavy atom. The summed E-state index contributed by atoms with van der Waals surface area (Å²) in [6.07, 6.45) is 1.47. The van der Waals surface area contributed by atoms with Gasteiger partial charge in [-0.1, -0.05) is 19.9 Å². The maximum atomic E-state index is 5.93. The van der Waals surface area contributed by atoms with Gasteiger partial charge in [-0.05, 0) is 49.1 Å². The smallest absolute Gasteiger partial charge is 0.120 e. The summed E-state index contributed by atoms with van der Waals surface area (Å²) in [6.45, 7) is 8.67. The highest BCUT2D eigenvalue weighted by Crippen LogP contribution is 2.24. The first-order chi connectivity index (χ1) is 7.66. The quantitative estimate of drug-likeness (QED) is 0.844. The average Bonchev–Trinajstić information content (AvgIpc) is 2.70. The van der Waals surface area contributed by atoms with Crippen LogP contribution in [0.4, 0.5) is 0 Å². The van der Waals surface area contributed by atoms with Crippen molar-refractivity contribution in [3.63, 3.8) is 0 Å². The Kier molecular flexibility index (Phi) is 3.49. The highest BCUT2D eigenvalue weighted by Gasteiger charge is 2.16. The normalized spacial score (nSPS) is 20.4. The highest BCUT2D eigenvalue weighted by molar-refractivity contribution is 5.36. The van der Waals surface area contributed by atoms with E-state index >= 15 is 0 Å². The summed E-state index contributed by atoms with van der Waals surface area (Å²) in [5.74, 6) is 1.60. The van der Waals surface area contributed by atoms with Crippen LogP contribution in [0.25, 0.3) is 0 Å². The lowest BCUT2D eigenvalue weighted by Gasteiger charge is -2.15. The van der Waals surface area contributed by atoms with Crippen LogP contribution in [0.1, 0.15) is 37.3 Å². The molecule has 2 nitrogen and oxygen atoms in total. The largest absolute Gasteiger partial charge is 0.489 e. The van der Waals surface area contributed by atoms with Gasteiger partial charge in [0.2, 0.25) is 0 Å². The Morgan fingerprint density at radius 3 is 2.75 bits per heavy atom. The van der Waals surface area contributed by atoms with E-state index < -0.39 is 0 Å². The van der Waals surface area contributed by atoms with Gasteiger partial charge in [-0.25, -0.2) is 0 Å². The van der Waals surface area contributed by atoms with Gasteiger partial charge in [0.15, 0.2) is 0 Å². The van der Waals surface area contributed by atoms with Crippen molar-refractivity contribution < 1.29 is 4.74 Å². The first kappa shape index (κ1) is 11.5. The molecule has 0 aromatic heterocycles. The third-order valence-corrected chi connectivity index (χ3v) is 3.18. The van der Waals surface area contributed by atoms with E-state index in [-0.39, 0.29) is 0 Å². The molecule has 0 saturated carbocycles. The minimum absolute atomic E-state index is 0.351. The molecular weight excluding hydrogens is 198 g/mol. The van der Waals surface area contributed by atoms with Crippen LogP contribution in [0.3, 0.4) is 0 Å². The lowest BCUT2D eigenvalue weighted by molar-refractivity contribution is 0.223. The Labute approximate surface area is 98.0 Å². The SMILES string of the molecule is Cc1cc(O[C@H]2CCNC2)ccc1C(C)C. The monoisotopic (exact) mass is 219 g/mol. The molecule has 2 heteroatoms. The molecule has 0 amide bonds. The van der Waals surface area contributed by atoms with Crippen LogP contribution in [-0.4, -0.2) is 19.2 Å². The van der Waals surface area contributed by atoms with Crippen molar-refractivity contribution in [3.05, 3.63) is 29.3 Å². The van der Waals surface area contributed by atoms with Crippen LogP contribution in [0.5, 0.6) is 5.75 Å². The summed E-state index contributed by atoms with van der Waals surface area (Å²) >= 11 is 0. The Hall–Kier alpha value is -1.02. The van der Waals surface area contributed by atoms with Gasteiger partial charge in [0.25, 0.3) is 0 Å². The van der Waals surface area contributed by atoms with Crippen molar-refractivity contribution in [1.29, 1.82) is 0 Å². The maximum absolute atomic E-state index is 5.93. The van der Waals surface area contributed by atoms with Gasteiger partial charge in [0.1, 0.15) is 11.9 Å². The number of ether oxygens (including phenoxy) is 1. The summed E-state index contributed by atoms with van der Waals surface area (Å²) in [5.41, 5.74) is 2.75. The van der Waals surface area contributed by atoms with Crippen molar-refractivity contribution in [1.82, 2.24) is 5.32 Å². The van der Waals surface area contributed by atoms with E-state index in [1.54, 1.807) is 0 Å². The fourth-order valence-electron chi connectivity index (χ4n) is 2.29. The minimum atomic E-state index is 0.351. The number of benzene rings is 1. The molecule has 1 aromatic carbocycles. The first-order valence-electron chi connectivity index (χ1n) is 6.14. The zero-order valence-electron chi connectivity index (χ0n) is 10.4. The van der Waals surface area contributed by atoms with Crippen molar-refractivity contribution in [2.24, 2.45) is 0 Å². The van der Waals surface area contributed by atoms with Crippen LogP contribution in [0, 0.1) is 6.92 Å². The average molecular weight is 219 g/mol. The summed E-state index contributed by atoms with van der Waals surface area (Å²) in [5, 5.41) is 3.31. The number of aryl methyl sites for hydroxylation is 1. The van der Waals surface area contributed by atoms with Crippen LogP contribution in [0.15, 0.2) is 18.2 Å². The van der Waals surface area contributed by atoms with Crippen LogP contribution >= 0.6 is 0 Å². The zero-order valence-corrected chi connectivity index (χ0v) is 10.4. The molecule has 1 saturated heterocycles. The molecule has 0 aliphatic carbocycles. The van der Waals surface area contributed by atoms with E-state index in [2.05, 4.69) is 44.3 Å². The molecule has 2 rings (SSSR count). The number of hydrogen-bond acceptors (Lipinski definition) is 2. The predicted molar refractivity (Wildman–Crippen MR) is 67.2 cm³/mol. The van der Waals surface area contributed by atoms with Gasteiger partial charge in [-0.3, -0.25) is 0 Å². The third-order valence-electron chi connectivity index (χ3n) is 3.18. The van der Waals surface area contributed by atoms with Crippen molar-refractivity contribution in [2.75, 3.05) is 13.1 Å². The van der Waals surface area contributed by atoms with Crippen molar-refractivity contribution in [3.8, 4) is 5.75 Å². The second-order valence-electron chi connectivity index (χ2n) is 4.91.